The van der Waals surface area contributed by atoms with Crippen LogP contribution in [0.4, 0.5) is 0 Å². The lowest BCUT2D eigenvalue weighted by molar-refractivity contribution is -0.158. The third kappa shape index (κ3) is 4.06. The molecule has 0 unspecified atom stereocenters. The van der Waals surface area contributed by atoms with Gasteiger partial charge in [-0.1, -0.05) is 12.1 Å². The molecule has 0 aliphatic carbocycles. The normalized spacial score (nSPS) is 19.5. The van der Waals surface area contributed by atoms with Crippen LogP contribution in [0, 0.1) is 13.8 Å². The Bertz CT molecular complexity index is 1020. The van der Waals surface area contributed by atoms with Crippen LogP contribution in [0.3, 0.4) is 0 Å². The minimum atomic E-state index is -3.10. The minimum Gasteiger partial charge on any atom is -0.464 e. The van der Waals surface area contributed by atoms with E-state index in [1.807, 2.05) is 26.0 Å². The summed E-state index contributed by atoms with van der Waals surface area (Å²) in [6, 6.07) is 3.51. The fourth-order valence-corrected chi connectivity index (χ4v) is 5.29. The molecule has 1 aliphatic heterocycles. The van der Waals surface area contributed by atoms with E-state index in [1.54, 1.807) is 13.3 Å². The Balaban J connectivity index is 1.63. The van der Waals surface area contributed by atoms with Gasteiger partial charge in [-0.15, -0.1) is 0 Å². The highest BCUT2D eigenvalue weighted by Gasteiger charge is 2.35. The van der Waals surface area contributed by atoms with Crippen molar-refractivity contribution in [1.29, 1.82) is 0 Å². The molecule has 0 N–H and O–H groups in total. The number of amides is 1. The molecule has 2 aromatic rings. The summed E-state index contributed by atoms with van der Waals surface area (Å²) >= 11 is 0. The molecule has 1 aromatic carbocycles. The predicted molar refractivity (Wildman–Crippen MR) is 105 cm³/mol. The minimum absolute atomic E-state index is 0.00531. The number of furan rings is 1. The molecule has 0 bridgehead atoms. The highest BCUT2D eigenvalue weighted by atomic mass is 32.2. The number of rotatable bonds is 5. The highest BCUT2D eigenvalue weighted by molar-refractivity contribution is 7.91. The summed E-state index contributed by atoms with van der Waals surface area (Å²) in [6.07, 6.45) is 0.961. The first-order valence-electron chi connectivity index (χ1n) is 9.22. The molecule has 1 amide bonds. The van der Waals surface area contributed by atoms with Crippen LogP contribution >= 0.6 is 0 Å². The van der Waals surface area contributed by atoms with Crippen LogP contribution in [-0.4, -0.2) is 55.9 Å². The Morgan fingerprint density at radius 3 is 2.68 bits per heavy atom. The van der Waals surface area contributed by atoms with Gasteiger partial charge in [0.2, 0.25) is 0 Å². The first-order valence-corrected chi connectivity index (χ1v) is 11.0. The second kappa shape index (κ2) is 7.58. The van der Waals surface area contributed by atoms with Gasteiger partial charge in [0.05, 0.1) is 24.2 Å². The molecule has 2 atom stereocenters. The fraction of sp³-hybridized carbons (Fsp3) is 0.500. The Labute approximate surface area is 164 Å². The van der Waals surface area contributed by atoms with Gasteiger partial charge in [0.1, 0.15) is 5.58 Å². The quantitative estimate of drug-likeness (QED) is 0.705. The van der Waals surface area contributed by atoms with Crippen molar-refractivity contribution in [2.45, 2.75) is 45.8 Å². The van der Waals surface area contributed by atoms with Crippen molar-refractivity contribution in [3.63, 3.8) is 0 Å². The van der Waals surface area contributed by atoms with E-state index in [0.717, 1.165) is 22.1 Å². The molecular weight excluding hydrogens is 382 g/mol. The van der Waals surface area contributed by atoms with Gasteiger partial charge in [-0.05, 0) is 38.3 Å². The molecule has 0 saturated carbocycles. The van der Waals surface area contributed by atoms with E-state index in [0.29, 0.717) is 12.0 Å². The van der Waals surface area contributed by atoms with Crippen LogP contribution in [0.15, 0.2) is 22.8 Å². The number of ether oxygens (including phenoxy) is 1. The van der Waals surface area contributed by atoms with Crippen LogP contribution in [-0.2, 0) is 30.6 Å². The standard InChI is InChI=1S/C20H25NO6S/c1-12-5-6-17-15(10-26-19(17)13(12)2)9-18(22)27-14(3)20(23)21(4)16-7-8-28(24,25)11-16/h5-6,10,14,16H,7-9,11H2,1-4H3/t14-,16-/m0/s1. The number of benzene rings is 1. The number of hydrogen-bond donors (Lipinski definition) is 0. The van der Waals surface area contributed by atoms with E-state index in [2.05, 4.69) is 0 Å². The largest absolute Gasteiger partial charge is 0.464 e. The Morgan fingerprint density at radius 2 is 2.04 bits per heavy atom. The number of likely N-dealkylation sites (N-methyl/N-ethyl adjacent to an activating group) is 1. The molecular formula is C20H25NO6S. The van der Waals surface area contributed by atoms with Crippen LogP contribution in [0.2, 0.25) is 0 Å². The number of esters is 1. The second-order valence-electron chi connectivity index (χ2n) is 7.46. The molecule has 8 heteroatoms. The average Bonchev–Trinajstić information content (AvgIpc) is 3.20. The molecule has 3 rings (SSSR count). The maximum Gasteiger partial charge on any atom is 0.311 e. The molecule has 1 saturated heterocycles. The maximum atomic E-state index is 12.5. The van der Waals surface area contributed by atoms with Crippen LogP contribution in [0.25, 0.3) is 11.0 Å². The summed E-state index contributed by atoms with van der Waals surface area (Å²) in [5.41, 5.74) is 3.58. The monoisotopic (exact) mass is 407 g/mol. The third-order valence-electron chi connectivity index (χ3n) is 5.44. The van der Waals surface area contributed by atoms with Gasteiger partial charge in [0, 0.05) is 24.0 Å². The molecule has 0 spiro atoms. The van der Waals surface area contributed by atoms with E-state index < -0.39 is 27.8 Å². The number of aryl methyl sites for hydroxylation is 2. The van der Waals surface area contributed by atoms with Gasteiger partial charge in [-0.3, -0.25) is 9.59 Å². The van der Waals surface area contributed by atoms with Crippen molar-refractivity contribution in [1.82, 2.24) is 4.90 Å². The topological polar surface area (TPSA) is 93.9 Å². The highest BCUT2D eigenvalue weighted by Crippen LogP contribution is 2.27. The Morgan fingerprint density at radius 1 is 1.32 bits per heavy atom. The van der Waals surface area contributed by atoms with Crippen LogP contribution in [0.5, 0.6) is 0 Å². The van der Waals surface area contributed by atoms with Gasteiger partial charge in [0.15, 0.2) is 15.9 Å². The molecule has 1 aliphatic rings. The van der Waals surface area contributed by atoms with E-state index in [-0.39, 0.29) is 24.0 Å². The van der Waals surface area contributed by atoms with Gasteiger partial charge in [0.25, 0.3) is 5.91 Å². The Hall–Kier alpha value is -2.35. The van der Waals surface area contributed by atoms with Gasteiger partial charge in [-0.2, -0.15) is 0 Å². The molecule has 28 heavy (non-hydrogen) atoms. The third-order valence-corrected chi connectivity index (χ3v) is 7.19. The zero-order valence-corrected chi connectivity index (χ0v) is 17.3. The first-order chi connectivity index (χ1) is 13.1. The number of hydrogen-bond acceptors (Lipinski definition) is 6. The van der Waals surface area contributed by atoms with Crippen molar-refractivity contribution in [2.24, 2.45) is 0 Å². The van der Waals surface area contributed by atoms with E-state index in [9.17, 15) is 18.0 Å². The zero-order valence-electron chi connectivity index (χ0n) is 16.5. The molecule has 2 heterocycles. The fourth-order valence-electron chi connectivity index (χ4n) is 3.52. The molecule has 0 radical (unpaired) electrons. The summed E-state index contributed by atoms with van der Waals surface area (Å²) in [4.78, 5) is 26.2. The maximum absolute atomic E-state index is 12.5. The number of fused-ring (bicyclic) bond motifs is 1. The smallest absolute Gasteiger partial charge is 0.311 e. The molecule has 152 valence electrons. The summed E-state index contributed by atoms with van der Waals surface area (Å²) in [5.74, 6) is -0.904. The predicted octanol–water partition coefficient (Wildman–Crippen LogP) is 2.17. The van der Waals surface area contributed by atoms with Crippen molar-refractivity contribution < 1.29 is 27.2 Å². The van der Waals surface area contributed by atoms with Crippen molar-refractivity contribution in [3.05, 3.63) is 35.1 Å². The lowest BCUT2D eigenvalue weighted by Gasteiger charge is -2.26. The van der Waals surface area contributed by atoms with E-state index >= 15 is 0 Å². The second-order valence-corrected chi connectivity index (χ2v) is 9.69. The lowest BCUT2D eigenvalue weighted by atomic mass is 10.0. The summed E-state index contributed by atoms with van der Waals surface area (Å²) in [7, 11) is -1.55. The molecule has 1 fully saturated rings. The first kappa shape index (κ1) is 20.4. The van der Waals surface area contributed by atoms with Crippen molar-refractivity contribution in [2.75, 3.05) is 18.6 Å². The van der Waals surface area contributed by atoms with Crippen molar-refractivity contribution >= 4 is 32.7 Å². The number of sulfone groups is 1. The zero-order chi connectivity index (χ0) is 20.6. The van der Waals surface area contributed by atoms with Gasteiger partial charge in [-0.25, -0.2) is 8.42 Å². The number of carbonyl (C=O) groups excluding carboxylic acids is 2. The molecule has 7 nitrogen and oxygen atoms in total. The number of nitrogens with zero attached hydrogens (tertiary/aromatic N) is 1. The lowest BCUT2D eigenvalue weighted by Crippen LogP contribution is -2.44. The summed E-state index contributed by atoms with van der Waals surface area (Å²) in [6.45, 7) is 5.45. The van der Waals surface area contributed by atoms with E-state index in [4.69, 9.17) is 9.15 Å². The van der Waals surface area contributed by atoms with Gasteiger partial charge < -0.3 is 14.1 Å². The summed E-state index contributed by atoms with van der Waals surface area (Å²) in [5, 5.41) is 0.854. The van der Waals surface area contributed by atoms with Crippen molar-refractivity contribution in [3.8, 4) is 0 Å². The Kier molecular flexibility index (Phi) is 5.52. The molecule has 1 aromatic heterocycles. The SMILES string of the molecule is Cc1ccc2c(CC(=O)O[C@@H](C)C(=O)N(C)[C@H]3CCS(=O)(=O)C3)coc2c1C. The number of carbonyl (C=O) groups is 2. The van der Waals surface area contributed by atoms with Crippen LogP contribution in [0.1, 0.15) is 30.0 Å². The van der Waals surface area contributed by atoms with Gasteiger partial charge >= 0.3 is 5.97 Å². The average molecular weight is 407 g/mol. The summed E-state index contributed by atoms with van der Waals surface area (Å²) < 4.78 is 34.1. The van der Waals surface area contributed by atoms with Crippen LogP contribution < -0.4 is 0 Å². The van der Waals surface area contributed by atoms with E-state index in [1.165, 1.54) is 11.8 Å².